The van der Waals surface area contributed by atoms with Crippen molar-refractivity contribution in [3.05, 3.63) is 57.5 Å². The molecule has 0 saturated carbocycles. The zero-order valence-corrected chi connectivity index (χ0v) is 12.6. The van der Waals surface area contributed by atoms with Gasteiger partial charge in [-0.25, -0.2) is 0 Å². The van der Waals surface area contributed by atoms with E-state index in [1.165, 1.54) is 0 Å². The fraction of sp³-hybridized carbons (Fsp3) is 0.200. The molecule has 3 rings (SSSR count). The van der Waals surface area contributed by atoms with E-state index < -0.39 is 0 Å². The molecule has 0 amide bonds. The van der Waals surface area contributed by atoms with Gasteiger partial charge in [0, 0.05) is 16.0 Å². The summed E-state index contributed by atoms with van der Waals surface area (Å²) in [5, 5.41) is 0.811. The molecule has 0 saturated heterocycles. The predicted molar refractivity (Wildman–Crippen MR) is 82.1 cm³/mol. The summed E-state index contributed by atoms with van der Waals surface area (Å²) >= 11 is 9.74. The highest BCUT2D eigenvalue weighted by Gasteiger charge is 2.19. The molecule has 19 heavy (non-hydrogen) atoms. The Morgan fingerprint density at radius 1 is 1.21 bits per heavy atom. The van der Waals surface area contributed by atoms with Crippen molar-refractivity contribution in [3.8, 4) is 5.75 Å². The minimum absolute atomic E-state index is 0.707. The van der Waals surface area contributed by atoms with E-state index in [1.54, 1.807) is 0 Å². The lowest BCUT2D eigenvalue weighted by Gasteiger charge is -2.31. The summed E-state index contributed by atoms with van der Waals surface area (Å²) < 4.78 is 6.74. The predicted octanol–water partition coefficient (Wildman–Crippen LogP) is 4.50. The molecule has 0 radical (unpaired) electrons. The number of fused-ring (bicyclic) bond motifs is 1. The lowest BCUT2D eigenvalue weighted by Crippen LogP contribution is -2.32. The van der Waals surface area contributed by atoms with Crippen LogP contribution in [0.1, 0.15) is 5.56 Å². The molecule has 0 fully saturated rings. The van der Waals surface area contributed by atoms with E-state index in [9.17, 15) is 0 Å². The molecule has 0 aliphatic carbocycles. The Morgan fingerprint density at radius 3 is 2.89 bits per heavy atom. The van der Waals surface area contributed by atoms with E-state index >= 15 is 0 Å². The fourth-order valence-electron chi connectivity index (χ4n) is 2.24. The monoisotopic (exact) mass is 337 g/mol. The second kappa shape index (κ2) is 5.43. The third-order valence-electron chi connectivity index (χ3n) is 3.20. The molecule has 0 unspecified atom stereocenters. The maximum atomic E-state index is 6.23. The van der Waals surface area contributed by atoms with Crippen LogP contribution in [0.4, 0.5) is 5.69 Å². The van der Waals surface area contributed by atoms with E-state index in [0.29, 0.717) is 6.61 Å². The molecule has 0 N–H and O–H groups in total. The molecule has 2 aromatic rings. The van der Waals surface area contributed by atoms with Crippen LogP contribution >= 0.6 is 27.5 Å². The Labute approximate surface area is 126 Å². The number of benzene rings is 2. The van der Waals surface area contributed by atoms with Crippen LogP contribution < -0.4 is 9.64 Å². The average molecular weight is 339 g/mol. The van der Waals surface area contributed by atoms with Gasteiger partial charge in [0.05, 0.1) is 12.2 Å². The summed E-state index contributed by atoms with van der Waals surface area (Å²) in [6.07, 6.45) is 0. The molecule has 1 aliphatic heterocycles. The number of nitrogens with zero attached hydrogens (tertiary/aromatic N) is 1. The third-order valence-corrected chi connectivity index (χ3v) is 4.06. The first-order valence-electron chi connectivity index (χ1n) is 6.15. The van der Waals surface area contributed by atoms with E-state index in [0.717, 1.165) is 39.6 Å². The van der Waals surface area contributed by atoms with Crippen molar-refractivity contribution < 1.29 is 4.74 Å². The van der Waals surface area contributed by atoms with E-state index in [-0.39, 0.29) is 0 Å². The van der Waals surface area contributed by atoms with Crippen molar-refractivity contribution in [3.63, 3.8) is 0 Å². The first-order valence-corrected chi connectivity index (χ1v) is 7.32. The van der Waals surface area contributed by atoms with Crippen molar-refractivity contribution in [1.29, 1.82) is 0 Å². The Morgan fingerprint density at radius 2 is 2.05 bits per heavy atom. The van der Waals surface area contributed by atoms with Crippen LogP contribution in [0.15, 0.2) is 46.9 Å². The Hall–Kier alpha value is -1.19. The minimum Gasteiger partial charge on any atom is -0.490 e. The quantitative estimate of drug-likeness (QED) is 0.799. The zero-order chi connectivity index (χ0) is 13.2. The van der Waals surface area contributed by atoms with Gasteiger partial charge in [-0.1, -0.05) is 45.7 Å². The number of halogens is 2. The highest BCUT2D eigenvalue weighted by Crippen LogP contribution is 2.35. The first kappa shape index (κ1) is 12.8. The van der Waals surface area contributed by atoms with Crippen LogP contribution in [-0.2, 0) is 6.54 Å². The second-order valence-corrected chi connectivity index (χ2v) is 5.80. The van der Waals surface area contributed by atoms with Crippen LogP contribution in [0.3, 0.4) is 0 Å². The minimum atomic E-state index is 0.707. The van der Waals surface area contributed by atoms with Gasteiger partial charge in [-0.2, -0.15) is 0 Å². The van der Waals surface area contributed by atoms with Crippen molar-refractivity contribution in [2.24, 2.45) is 0 Å². The summed E-state index contributed by atoms with van der Waals surface area (Å²) in [5.41, 5.74) is 2.25. The van der Waals surface area contributed by atoms with Crippen molar-refractivity contribution in [2.45, 2.75) is 6.54 Å². The van der Waals surface area contributed by atoms with Gasteiger partial charge in [0.25, 0.3) is 0 Å². The van der Waals surface area contributed by atoms with Gasteiger partial charge in [0.1, 0.15) is 12.4 Å². The average Bonchev–Trinajstić information content (AvgIpc) is 2.42. The number of hydrogen-bond donors (Lipinski definition) is 0. The van der Waals surface area contributed by atoms with Gasteiger partial charge in [-0.15, -0.1) is 0 Å². The van der Waals surface area contributed by atoms with Gasteiger partial charge >= 0.3 is 0 Å². The number of anilines is 1. The largest absolute Gasteiger partial charge is 0.490 e. The molecule has 0 spiro atoms. The van der Waals surface area contributed by atoms with Crippen LogP contribution in [0.25, 0.3) is 0 Å². The van der Waals surface area contributed by atoms with Crippen LogP contribution in [0.5, 0.6) is 5.75 Å². The molecule has 0 bridgehead atoms. The zero-order valence-electron chi connectivity index (χ0n) is 10.3. The van der Waals surface area contributed by atoms with E-state index in [2.05, 4.69) is 33.0 Å². The van der Waals surface area contributed by atoms with Crippen LogP contribution in [0, 0.1) is 0 Å². The SMILES string of the molecule is Clc1ccccc1CN1CCOc2ccc(Br)cc21. The summed E-state index contributed by atoms with van der Waals surface area (Å²) in [4.78, 5) is 2.30. The van der Waals surface area contributed by atoms with Crippen LogP contribution in [-0.4, -0.2) is 13.2 Å². The number of rotatable bonds is 2. The topological polar surface area (TPSA) is 12.5 Å². The summed E-state index contributed by atoms with van der Waals surface area (Å²) in [7, 11) is 0. The van der Waals surface area contributed by atoms with Crippen molar-refractivity contribution in [2.75, 3.05) is 18.1 Å². The molecule has 0 atom stereocenters. The molecule has 4 heteroatoms. The lowest BCUT2D eigenvalue weighted by molar-refractivity contribution is 0.307. The van der Waals surface area contributed by atoms with Crippen LogP contribution in [0.2, 0.25) is 5.02 Å². The highest BCUT2D eigenvalue weighted by molar-refractivity contribution is 9.10. The standard InChI is InChI=1S/C15H13BrClNO/c16-12-5-6-15-14(9-12)18(7-8-19-15)10-11-3-1-2-4-13(11)17/h1-6,9H,7-8,10H2. The second-order valence-electron chi connectivity index (χ2n) is 4.47. The van der Waals surface area contributed by atoms with Gasteiger partial charge in [-0.05, 0) is 29.8 Å². The number of ether oxygens (including phenoxy) is 1. The smallest absolute Gasteiger partial charge is 0.142 e. The lowest BCUT2D eigenvalue weighted by atomic mass is 10.1. The normalized spacial score (nSPS) is 13.9. The molecule has 2 nitrogen and oxygen atoms in total. The third kappa shape index (κ3) is 2.72. The molecule has 0 aromatic heterocycles. The van der Waals surface area contributed by atoms with Gasteiger partial charge in [0.15, 0.2) is 0 Å². The van der Waals surface area contributed by atoms with Crippen molar-refractivity contribution >= 4 is 33.2 Å². The molecular formula is C15H13BrClNO. The maximum Gasteiger partial charge on any atom is 0.142 e. The fourth-order valence-corrected chi connectivity index (χ4v) is 2.79. The van der Waals surface area contributed by atoms with Gasteiger partial charge < -0.3 is 9.64 Å². The first-order chi connectivity index (χ1) is 9.24. The van der Waals surface area contributed by atoms with Crippen molar-refractivity contribution in [1.82, 2.24) is 0 Å². The summed E-state index contributed by atoms with van der Waals surface area (Å²) in [5.74, 6) is 0.932. The Balaban J connectivity index is 1.92. The number of hydrogen-bond acceptors (Lipinski definition) is 2. The van der Waals surface area contributed by atoms with E-state index in [4.69, 9.17) is 16.3 Å². The highest BCUT2D eigenvalue weighted by atomic mass is 79.9. The molecule has 1 heterocycles. The molecule has 1 aliphatic rings. The Bertz CT molecular complexity index is 602. The summed E-state index contributed by atoms with van der Waals surface area (Å²) in [6.45, 7) is 2.38. The van der Waals surface area contributed by atoms with Gasteiger partial charge in [0.2, 0.25) is 0 Å². The summed E-state index contributed by atoms with van der Waals surface area (Å²) in [6, 6.07) is 14.1. The molecular weight excluding hydrogens is 326 g/mol. The van der Waals surface area contributed by atoms with Gasteiger partial charge in [-0.3, -0.25) is 0 Å². The molecule has 2 aromatic carbocycles. The Kier molecular flexibility index (Phi) is 3.67. The molecule has 98 valence electrons. The van der Waals surface area contributed by atoms with E-state index in [1.807, 2.05) is 30.3 Å². The maximum absolute atomic E-state index is 6.23.